The minimum Gasteiger partial charge on any atom is -0.365 e. The normalized spacial score (nSPS) is 14.1. The number of thiophene rings is 1. The molecule has 1 aliphatic rings. The Morgan fingerprint density at radius 1 is 0.966 bits per heavy atom. The number of fused-ring (bicyclic) bond motifs is 1. The van der Waals surface area contributed by atoms with Crippen LogP contribution in [0.5, 0.6) is 0 Å². The summed E-state index contributed by atoms with van der Waals surface area (Å²) in [5, 5.41) is 3.18. The monoisotopic (exact) mass is 422 g/mol. The van der Waals surface area contributed by atoms with Gasteiger partial charge in [-0.3, -0.25) is 9.59 Å². The van der Waals surface area contributed by atoms with Gasteiger partial charge in [0.25, 0.3) is 5.91 Å². The Morgan fingerprint density at radius 3 is 2.31 bits per heavy atom. The maximum absolute atomic E-state index is 13.3. The molecule has 148 valence electrons. The third kappa shape index (κ3) is 4.38. The van der Waals surface area contributed by atoms with Crippen LogP contribution in [0.25, 0.3) is 0 Å². The van der Waals surface area contributed by atoms with Crippen LogP contribution in [0.3, 0.4) is 0 Å². The standard InChI is InChI=1S/C23H22N2O2S2/c24-21(26)19-17-13-7-8-14-18(17)29-23(19)25-22(27)20(15-9-3-1-4-10-15)28-16-11-5-2-6-12-16/h1-6,9-12,20H,7-8,13-14H2,(H2,24,26)(H,25,27)/t20-/m0/s1. The first-order chi connectivity index (χ1) is 14.1. The molecule has 0 radical (unpaired) electrons. The number of aryl methyl sites for hydroxylation is 1. The molecule has 0 spiro atoms. The maximum Gasteiger partial charge on any atom is 0.251 e. The van der Waals surface area contributed by atoms with E-state index in [-0.39, 0.29) is 5.91 Å². The molecule has 29 heavy (non-hydrogen) atoms. The number of anilines is 1. The van der Waals surface area contributed by atoms with Crippen LogP contribution in [0.2, 0.25) is 0 Å². The van der Waals surface area contributed by atoms with E-state index in [1.54, 1.807) is 0 Å². The Kier molecular flexibility index (Phi) is 6.02. The van der Waals surface area contributed by atoms with Crippen molar-refractivity contribution in [1.29, 1.82) is 0 Å². The van der Waals surface area contributed by atoms with Crippen LogP contribution in [0, 0.1) is 0 Å². The van der Waals surface area contributed by atoms with Crippen molar-refractivity contribution in [2.75, 3.05) is 5.32 Å². The summed E-state index contributed by atoms with van der Waals surface area (Å²) >= 11 is 2.99. The molecule has 1 heterocycles. The number of carbonyl (C=O) groups is 2. The molecule has 0 unspecified atom stereocenters. The zero-order valence-electron chi connectivity index (χ0n) is 15.9. The summed E-state index contributed by atoms with van der Waals surface area (Å²) in [6.07, 6.45) is 3.95. The third-order valence-electron chi connectivity index (χ3n) is 4.99. The number of primary amides is 1. The Labute approximate surface area is 178 Å². The summed E-state index contributed by atoms with van der Waals surface area (Å²) in [5.41, 5.74) is 8.12. The number of amides is 2. The molecule has 2 amide bonds. The molecule has 0 saturated carbocycles. The number of nitrogens with one attached hydrogen (secondary N) is 1. The summed E-state index contributed by atoms with van der Waals surface area (Å²) in [6, 6.07) is 19.6. The highest BCUT2D eigenvalue weighted by molar-refractivity contribution is 8.00. The molecule has 0 fully saturated rings. The highest BCUT2D eigenvalue weighted by atomic mass is 32.2. The van der Waals surface area contributed by atoms with Gasteiger partial charge in [0.2, 0.25) is 5.91 Å². The fourth-order valence-corrected chi connectivity index (χ4v) is 5.97. The zero-order chi connectivity index (χ0) is 20.2. The van der Waals surface area contributed by atoms with Crippen molar-refractivity contribution in [3.8, 4) is 0 Å². The van der Waals surface area contributed by atoms with E-state index in [0.29, 0.717) is 10.6 Å². The molecule has 0 saturated heterocycles. The number of hydrogen-bond acceptors (Lipinski definition) is 4. The van der Waals surface area contributed by atoms with Gasteiger partial charge in [-0.2, -0.15) is 0 Å². The van der Waals surface area contributed by atoms with E-state index >= 15 is 0 Å². The minimum absolute atomic E-state index is 0.147. The minimum atomic E-state index is -0.466. The third-order valence-corrected chi connectivity index (χ3v) is 7.47. The quantitative estimate of drug-likeness (QED) is 0.537. The fourth-order valence-electron chi connectivity index (χ4n) is 3.63. The first-order valence-electron chi connectivity index (χ1n) is 9.65. The van der Waals surface area contributed by atoms with E-state index in [2.05, 4.69) is 5.32 Å². The molecule has 1 aliphatic carbocycles. The van der Waals surface area contributed by atoms with Crippen LogP contribution >= 0.6 is 23.1 Å². The number of benzene rings is 2. The molecule has 0 aliphatic heterocycles. The van der Waals surface area contributed by atoms with E-state index < -0.39 is 11.2 Å². The summed E-state index contributed by atoms with van der Waals surface area (Å²) in [7, 11) is 0. The van der Waals surface area contributed by atoms with E-state index in [9.17, 15) is 9.59 Å². The topological polar surface area (TPSA) is 72.2 Å². The molecule has 1 atom stereocenters. The van der Waals surface area contributed by atoms with Crippen molar-refractivity contribution in [3.63, 3.8) is 0 Å². The highest BCUT2D eigenvalue weighted by Crippen LogP contribution is 2.40. The van der Waals surface area contributed by atoms with Gasteiger partial charge in [0, 0.05) is 9.77 Å². The molecule has 6 heteroatoms. The van der Waals surface area contributed by atoms with Gasteiger partial charge in [-0.1, -0.05) is 48.5 Å². The van der Waals surface area contributed by atoms with E-state index in [0.717, 1.165) is 41.7 Å². The molecule has 2 aromatic carbocycles. The van der Waals surface area contributed by atoms with E-state index in [4.69, 9.17) is 5.73 Å². The fraction of sp³-hybridized carbons (Fsp3) is 0.217. The largest absolute Gasteiger partial charge is 0.365 e. The number of nitrogens with two attached hydrogens (primary N) is 1. The first-order valence-corrected chi connectivity index (χ1v) is 11.3. The Bertz CT molecular complexity index is 1020. The van der Waals surface area contributed by atoms with Gasteiger partial charge in [-0.25, -0.2) is 0 Å². The predicted molar refractivity (Wildman–Crippen MR) is 120 cm³/mol. The molecule has 4 nitrogen and oxygen atoms in total. The summed E-state index contributed by atoms with van der Waals surface area (Å²) in [6.45, 7) is 0. The van der Waals surface area contributed by atoms with Gasteiger partial charge in [-0.05, 0) is 48.9 Å². The maximum atomic E-state index is 13.3. The lowest BCUT2D eigenvalue weighted by Crippen LogP contribution is -2.21. The molecule has 3 N–H and O–H groups in total. The van der Waals surface area contributed by atoms with E-state index in [1.165, 1.54) is 28.0 Å². The van der Waals surface area contributed by atoms with Crippen LogP contribution < -0.4 is 11.1 Å². The van der Waals surface area contributed by atoms with Crippen LogP contribution in [0.15, 0.2) is 65.6 Å². The molecular weight excluding hydrogens is 400 g/mol. The Morgan fingerprint density at radius 2 is 1.62 bits per heavy atom. The second-order valence-electron chi connectivity index (χ2n) is 6.99. The van der Waals surface area contributed by atoms with Gasteiger partial charge < -0.3 is 11.1 Å². The van der Waals surface area contributed by atoms with Gasteiger partial charge in [0.15, 0.2) is 0 Å². The van der Waals surface area contributed by atoms with Crippen molar-refractivity contribution in [2.24, 2.45) is 5.73 Å². The second kappa shape index (κ2) is 8.84. The lowest BCUT2D eigenvalue weighted by molar-refractivity contribution is -0.115. The average molecular weight is 423 g/mol. The van der Waals surface area contributed by atoms with Gasteiger partial charge in [0.05, 0.1) is 5.56 Å². The average Bonchev–Trinajstić information content (AvgIpc) is 3.11. The first kappa shape index (κ1) is 19.7. The number of rotatable bonds is 6. The molecule has 1 aromatic heterocycles. The van der Waals surface area contributed by atoms with Gasteiger partial charge in [0.1, 0.15) is 10.3 Å². The summed E-state index contributed by atoms with van der Waals surface area (Å²) < 4.78 is 0. The Hall–Kier alpha value is -2.57. The molecular formula is C23H22N2O2S2. The van der Waals surface area contributed by atoms with Crippen molar-refractivity contribution in [1.82, 2.24) is 0 Å². The van der Waals surface area contributed by atoms with Crippen molar-refractivity contribution in [3.05, 3.63) is 82.2 Å². The van der Waals surface area contributed by atoms with Gasteiger partial charge in [-0.15, -0.1) is 23.1 Å². The van der Waals surface area contributed by atoms with Crippen LogP contribution in [-0.4, -0.2) is 11.8 Å². The molecule has 4 rings (SSSR count). The predicted octanol–water partition coefficient (Wildman–Crippen LogP) is 5.20. The number of carbonyl (C=O) groups excluding carboxylic acids is 2. The van der Waals surface area contributed by atoms with Crippen LogP contribution in [-0.2, 0) is 17.6 Å². The smallest absolute Gasteiger partial charge is 0.251 e. The molecule has 0 bridgehead atoms. The van der Waals surface area contributed by atoms with Crippen LogP contribution in [0.4, 0.5) is 5.00 Å². The van der Waals surface area contributed by atoms with Crippen molar-refractivity contribution >= 4 is 39.9 Å². The second-order valence-corrected chi connectivity index (χ2v) is 9.27. The van der Waals surface area contributed by atoms with Crippen LogP contribution in [0.1, 0.15) is 44.5 Å². The SMILES string of the molecule is NC(=O)c1c(NC(=O)[C@@H](Sc2ccccc2)c2ccccc2)sc2c1CCCC2. The lowest BCUT2D eigenvalue weighted by Gasteiger charge is -2.17. The lowest BCUT2D eigenvalue weighted by atomic mass is 9.95. The van der Waals surface area contributed by atoms with E-state index in [1.807, 2.05) is 60.7 Å². The van der Waals surface area contributed by atoms with Crippen molar-refractivity contribution < 1.29 is 9.59 Å². The number of thioether (sulfide) groups is 1. The summed E-state index contributed by atoms with van der Waals surface area (Å²) in [5.74, 6) is -0.613. The Balaban J connectivity index is 1.65. The van der Waals surface area contributed by atoms with Gasteiger partial charge >= 0.3 is 0 Å². The molecule has 3 aromatic rings. The zero-order valence-corrected chi connectivity index (χ0v) is 17.5. The van der Waals surface area contributed by atoms with Crippen molar-refractivity contribution in [2.45, 2.75) is 35.8 Å². The highest BCUT2D eigenvalue weighted by Gasteiger charge is 2.28. The number of hydrogen-bond donors (Lipinski definition) is 2. The summed E-state index contributed by atoms with van der Waals surface area (Å²) in [4.78, 5) is 27.7.